The first-order chi connectivity index (χ1) is 7.75. The van der Waals surface area contributed by atoms with Crippen molar-refractivity contribution in [1.82, 2.24) is 5.16 Å². The molecule has 1 aromatic heterocycles. The molecule has 84 valence electrons. The van der Waals surface area contributed by atoms with Gasteiger partial charge in [0.2, 0.25) is 0 Å². The van der Waals surface area contributed by atoms with Crippen LogP contribution in [0.4, 0.5) is 0 Å². The van der Waals surface area contributed by atoms with Crippen LogP contribution in [0, 0.1) is 0 Å². The summed E-state index contributed by atoms with van der Waals surface area (Å²) < 4.78 is 10.2. The molecule has 0 saturated heterocycles. The molecule has 2 aromatic rings. The molecule has 0 aliphatic rings. The SMILES string of the molecule is C[C@@H](O)c1cccc(OCc2ccon2)c1. The number of hydrogen-bond donors (Lipinski definition) is 1. The van der Waals surface area contributed by atoms with E-state index in [9.17, 15) is 5.11 Å². The second-order valence-electron chi connectivity index (χ2n) is 3.53. The lowest BCUT2D eigenvalue weighted by atomic mass is 10.1. The minimum atomic E-state index is -0.490. The second kappa shape index (κ2) is 4.81. The largest absolute Gasteiger partial charge is 0.487 e. The third kappa shape index (κ3) is 2.61. The van der Waals surface area contributed by atoms with Gasteiger partial charge in [0, 0.05) is 6.07 Å². The minimum absolute atomic E-state index is 0.361. The van der Waals surface area contributed by atoms with Gasteiger partial charge in [-0.1, -0.05) is 17.3 Å². The first kappa shape index (κ1) is 10.7. The quantitative estimate of drug-likeness (QED) is 0.857. The molecule has 0 fully saturated rings. The number of benzene rings is 1. The first-order valence-electron chi connectivity index (χ1n) is 5.06. The molecule has 0 amide bonds. The monoisotopic (exact) mass is 219 g/mol. The van der Waals surface area contributed by atoms with Crippen LogP contribution in [-0.4, -0.2) is 10.3 Å². The number of rotatable bonds is 4. The highest BCUT2D eigenvalue weighted by atomic mass is 16.5. The number of aliphatic hydroxyl groups excluding tert-OH is 1. The smallest absolute Gasteiger partial charge is 0.134 e. The normalized spacial score (nSPS) is 12.4. The van der Waals surface area contributed by atoms with Gasteiger partial charge in [0.15, 0.2) is 0 Å². The van der Waals surface area contributed by atoms with E-state index in [1.807, 2.05) is 24.3 Å². The Balaban J connectivity index is 2.01. The third-order valence-corrected chi connectivity index (χ3v) is 2.22. The fraction of sp³-hybridized carbons (Fsp3) is 0.250. The molecule has 1 N–H and O–H groups in total. The lowest BCUT2D eigenvalue weighted by molar-refractivity contribution is 0.198. The van der Waals surface area contributed by atoms with E-state index in [1.54, 1.807) is 13.0 Å². The molecule has 0 radical (unpaired) electrons. The zero-order valence-corrected chi connectivity index (χ0v) is 8.96. The molecule has 0 unspecified atom stereocenters. The maximum absolute atomic E-state index is 9.42. The number of aliphatic hydroxyl groups is 1. The van der Waals surface area contributed by atoms with Crippen molar-refractivity contribution in [2.75, 3.05) is 0 Å². The standard InChI is InChI=1S/C12H13NO3/c1-9(14)10-3-2-4-12(7-10)15-8-11-5-6-16-13-11/h2-7,9,14H,8H2,1H3/t9-/m1/s1. The van der Waals surface area contributed by atoms with E-state index >= 15 is 0 Å². The Hall–Kier alpha value is -1.81. The number of aromatic nitrogens is 1. The predicted molar refractivity (Wildman–Crippen MR) is 57.9 cm³/mol. The van der Waals surface area contributed by atoms with Gasteiger partial charge < -0.3 is 14.4 Å². The molecule has 4 heteroatoms. The topological polar surface area (TPSA) is 55.5 Å². The Bertz CT molecular complexity index is 437. The zero-order valence-electron chi connectivity index (χ0n) is 8.96. The van der Waals surface area contributed by atoms with Gasteiger partial charge in [-0.2, -0.15) is 0 Å². The maximum Gasteiger partial charge on any atom is 0.134 e. The number of hydrogen-bond acceptors (Lipinski definition) is 4. The zero-order chi connectivity index (χ0) is 11.4. The summed E-state index contributed by atoms with van der Waals surface area (Å²) in [7, 11) is 0. The molecule has 4 nitrogen and oxygen atoms in total. The minimum Gasteiger partial charge on any atom is -0.487 e. The van der Waals surface area contributed by atoms with Crippen molar-refractivity contribution in [2.24, 2.45) is 0 Å². The van der Waals surface area contributed by atoms with Crippen molar-refractivity contribution in [2.45, 2.75) is 19.6 Å². The highest BCUT2D eigenvalue weighted by molar-refractivity contribution is 5.29. The van der Waals surface area contributed by atoms with Crippen LogP contribution in [0.1, 0.15) is 24.3 Å². The van der Waals surface area contributed by atoms with Crippen molar-refractivity contribution >= 4 is 0 Å². The molecule has 0 spiro atoms. The van der Waals surface area contributed by atoms with Gasteiger partial charge >= 0.3 is 0 Å². The van der Waals surface area contributed by atoms with Crippen LogP contribution in [0.2, 0.25) is 0 Å². The average Bonchev–Trinajstić information content (AvgIpc) is 2.79. The van der Waals surface area contributed by atoms with Crippen LogP contribution in [0.3, 0.4) is 0 Å². The van der Waals surface area contributed by atoms with E-state index < -0.39 is 6.10 Å². The molecular formula is C12H13NO3. The molecule has 1 atom stereocenters. The van der Waals surface area contributed by atoms with Gasteiger partial charge in [0.25, 0.3) is 0 Å². The molecule has 0 saturated carbocycles. The lowest BCUT2D eigenvalue weighted by Crippen LogP contribution is -1.97. The van der Waals surface area contributed by atoms with Gasteiger partial charge in [0.1, 0.15) is 24.3 Å². The molecule has 0 aliphatic carbocycles. The fourth-order valence-corrected chi connectivity index (χ4v) is 1.33. The maximum atomic E-state index is 9.42. The summed E-state index contributed by atoms with van der Waals surface area (Å²) in [5.41, 5.74) is 1.57. The molecule has 2 rings (SSSR count). The van der Waals surface area contributed by atoms with Gasteiger partial charge in [-0.05, 0) is 24.6 Å². The molecule has 1 aromatic carbocycles. The lowest BCUT2D eigenvalue weighted by Gasteiger charge is -2.08. The van der Waals surface area contributed by atoms with Crippen LogP contribution < -0.4 is 4.74 Å². The molecule has 16 heavy (non-hydrogen) atoms. The Morgan fingerprint density at radius 2 is 2.31 bits per heavy atom. The summed E-state index contributed by atoms with van der Waals surface area (Å²) in [6, 6.07) is 9.10. The van der Waals surface area contributed by atoms with E-state index in [-0.39, 0.29) is 0 Å². The van der Waals surface area contributed by atoms with E-state index in [0.29, 0.717) is 12.4 Å². The third-order valence-electron chi connectivity index (χ3n) is 2.22. The molecular weight excluding hydrogens is 206 g/mol. The van der Waals surface area contributed by atoms with E-state index in [1.165, 1.54) is 6.26 Å². The van der Waals surface area contributed by atoms with Crippen LogP contribution >= 0.6 is 0 Å². The van der Waals surface area contributed by atoms with Gasteiger partial charge in [-0.15, -0.1) is 0 Å². The van der Waals surface area contributed by atoms with Gasteiger partial charge in [0.05, 0.1) is 6.10 Å². The van der Waals surface area contributed by atoms with Crippen molar-refractivity contribution in [1.29, 1.82) is 0 Å². The summed E-state index contributed by atoms with van der Waals surface area (Å²) >= 11 is 0. The fourth-order valence-electron chi connectivity index (χ4n) is 1.33. The van der Waals surface area contributed by atoms with Crippen molar-refractivity contribution < 1.29 is 14.4 Å². The second-order valence-corrected chi connectivity index (χ2v) is 3.53. The summed E-state index contributed by atoms with van der Waals surface area (Å²) in [5.74, 6) is 0.710. The molecule has 1 heterocycles. The first-order valence-corrected chi connectivity index (χ1v) is 5.06. The predicted octanol–water partition coefficient (Wildman–Crippen LogP) is 2.31. The van der Waals surface area contributed by atoms with Crippen molar-refractivity contribution in [3.05, 3.63) is 47.9 Å². The van der Waals surface area contributed by atoms with Crippen LogP contribution in [0.25, 0.3) is 0 Å². The Morgan fingerprint density at radius 3 is 3.00 bits per heavy atom. The van der Waals surface area contributed by atoms with E-state index in [4.69, 9.17) is 9.26 Å². The summed E-state index contributed by atoms with van der Waals surface area (Å²) in [6.45, 7) is 2.08. The van der Waals surface area contributed by atoms with Crippen molar-refractivity contribution in [3.63, 3.8) is 0 Å². The van der Waals surface area contributed by atoms with E-state index in [0.717, 1.165) is 11.3 Å². The van der Waals surface area contributed by atoms with Gasteiger partial charge in [-0.3, -0.25) is 0 Å². The highest BCUT2D eigenvalue weighted by Gasteiger charge is 2.03. The Morgan fingerprint density at radius 1 is 1.44 bits per heavy atom. The summed E-state index contributed by atoms with van der Waals surface area (Å²) in [4.78, 5) is 0. The van der Waals surface area contributed by atoms with Crippen LogP contribution in [0.5, 0.6) is 5.75 Å². The van der Waals surface area contributed by atoms with Gasteiger partial charge in [-0.25, -0.2) is 0 Å². The number of nitrogens with zero attached hydrogens (tertiary/aromatic N) is 1. The average molecular weight is 219 g/mol. The molecule has 0 aliphatic heterocycles. The molecule has 0 bridgehead atoms. The van der Waals surface area contributed by atoms with E-state index in [2.05, 4.69) is 5.16 Å². The summed E-state index contributed by atoms with van der Waals surface area (Å²) in [6.07, 6.45) is 1.01. The summed E-state index contributed by atoms with van der Waals surface area (Å²) in [5, 5.41) is 13.2. The highest BCUT2D eigenvalue weighted by Crippen LogP contribution is 2.19. The Labute approximate surface area is 93.5 Å². The van der Waals surface area contributed by atoms with Crippen molar-refractivity contribution in [3.8, 4) is 5.75 Å². The Kier molecular flexibility index (Phi) is 3.22. The number of ether oxygens (including phenoxy) is 1. The van der Waals surface area contributed by atoms with Crippen LogP contribution in [0.15, 0.2) is 41.1 Å². The van der Waals surface area contributed by atoms with Crippen LogP contribution in [-0.2, 0) is 6.61 Å².